The Morgan fingerprint density at radius 1 is 1.09 bits per heavy atom. The molecule has 0 bridgehead atoms. The topological polar surface area (TPSA) is 179 Å². The van der Waals surface area contributed by atoms with Gasteiger partial charge in [0.1, 0.15) is 5.69 Å². The lowest BCUT2D eigenvalue weighted by Gasteiger charge is -2.15. The molecule has 0 fully saturated rings. The van der Waals surface area contributed by atoms with E-state index in [0.29, 0.717) is 16.3 Å². The van der Waals surface area contributed by atoms with E-state index in [2.05, 4.69) is 5.32 Å². The average molecular weight is 510 g/mol. The predicted octanol–water partition coefficient (Wildman–Crippen LogP) is 1.45. The fraction of sp³-hybridized carbons (Fsp3) is 0.190. The first-order valence-corrected chi connectivity index (χ1v) is 11.8. The standard InChI is InChI=1S/C21H20ClN3O8S/c22-14-3-1-12(2-4-14)18(27)23-15-5-7-16(8-6-15)34(32,33)11-13(20(29)30)9-25-17(10-26)19(28)24-21(25)31/h1-8,13,26,28H,9-11H2,(H,23,27)(H,24,31)(H,29,30). The summed E-state index contributed by atoms with van der Waals surface area (Å²) < 4.78 is 26.4. The molecule has 13 heteroatoms. The number of nitrogens with zero attached hydrogens (tertiary/aromatic N) is 1. The second-order valence-electron chi connectivity index (χ2n) is 7.30. The molecule has 0 radical (unpaired) electrons. The number of carboxylic acids is 1. The van der Waals surface area contributed by atoms with Crippen LogP contribution in [0.1, 0.15) is 16.1 Å². The van der Waals surface area contributed by atoms with Gasteiger partial charge in [-0.1, -0.05) is 11.6 Å². The minimum atomic E-state index is -4.11. The number of aliphatic hydroxyl groups is 1. The van der Waals surface area contributed by atoms with Gasteiger partial charge in [-0.05, 0) is 48.5 Å². The molecule has 180 valence electrons. The summed E-state index contributed by atoms with van der Waals surface area (Å²) in [4.78, 5) is 37.7. The minimum Gasteiger partial charge on any atom is -0.493 e. The number of H-pyrrole nitrogens is 1. The van der Waals surface area contributed by atoms with Gasteiger partial charge in [-0.2, -0.15) is 0 Å². The van der Waals surface area contributed by atoms with E-state index in [4.69, 9.17) is 11.6 Å². The number of benzene rings is 2. The summed E-state index contributed by atoms with van der Waals surface area (Å²) in [5, 5.41) is 31.5. The summed E-state index contributed by atoms with van der Waals surface area (Å²) in [5.41, 5.74) is -0.477. The van der Waals surface area contributed by atoms with E-state index < -0.39 is 58.1 Å². The summed E-state index contributed by atoms with van der Waals surface area (Å²) in [7, 11) is -4.11. The van der Waals surface area contributed by atoms with E-state index in [-0.39, 0.29) is 10.6 Å². The quantitative estimate of drug-likeness (QED) is 0.287. The molecule has 1 atom stereocenters. The molecule has 11 nitrogen and oxygen atoms in total. The Hall–Kier alpha value is -3.61. The highest BCUT2D eigenvalue weighted by Gasteiger charge is 2.29. The molecule has 0 aliphatic carbocycles. The molecule has 0 aliphatic rings. The molecule has 0 saturated carbocycles. The Morgan fingerprint density at radius 2 is 1.71 bits per heavy atom. The highest BCUT2D eigenvalue weighted by molar-refractivity contribution is 7.91. The lowest BCUT2D eigenvalue weighted by atomic mass is 10.2. The van der Waals surface area contributed by atoms with Gasteiger partial charge >= 0.3 is 11.7 Å². The molecule has 34 heavy (non-hydrogen) atoms. The fourth-order valence-electron chi connectivity index (χ4n) is 3.18. The van der Waals surface area contributed by atoms with Crippen LogP contribution in [0.2, 0.25) is 5.02 Å². The maximum absolute atomic E-state index is 12.8. The molecule has 5 N–H and O–H groups in total. The molecule has 2 aromatic carbocycles. The van der Waals surface area contributed by atoms with Gasteiger partial charge in [-0.25, -0.2) is 13.2 Å². The number of aromatic amines is 1. The number of aliphatic hydroxyl groups excluding tert-OH is 1. The van der Waals surface area contributed by atoms with Crippen molar-refractivity contribution in [2.75, 3.05) is 11.1 Å². The Kier molecular flexibility index (Phi) is 7.44. The number of hydrogen-bond acceptors (Lipinski definition) is 7. The van der Waals surface area contributed by atoms with E-state index in [1.54, 1.807) is 12.1 Å². The number of aromatic nitrogens is 2. The van der Waals surface area contributed by atoms with Crippen LogP contribution in [-0.4, -0.2) is 50.9 Å². The zero-order valence-electron chi connectivity index (χ0n) is 17.4. The Balaban J connectivity index is 1.75. The van der Waals surface area contributed by atoms with Crippen molar-refractivity contribution in [3.05, 3.63) is 75.3 Å². The molecule has 3 aromatic rings. The minimum absolute atomic E-state index is 0.185. The monoisotopic (exact) mass is 509 g/mol. The lowest BCUT2D eigenvalue weighted by Crippen LogP contribution is -2.32. The molecule has 1 amide bonds. The molecule has 0 saturated heterocycles. The summed E-state index contributed by atoms with van der Waals surface area (Å²) in [6, 6.07) is 11.3. The van der Waals surface area contributed by atoms with Gasteiger partial charge in [0, 0.05) is 22.8 Å². The maximum Gasteiger partial charge on any atom is 0.328 e. The van der Waals surface area contributed by atoms with Gasteiger partial charge in [-0.3, -0.25) is 19.1 Å². The number of carbonyl (C=O) groups excluding carboxylic acids is 1. The maximum atomic E-state index is 12.8. The molecular weight excluding hydrogens is 490 g/mol. The van der Waals surface area contributed by atoms with Gasteiger partial charge in [0.25, 0.3) is 5.91 Å². The predicted molar refractivity (Wildman–Crippen MR) is 122 cm³/mol. The zero-order valence-corrected chi connectivity index (χ0v) is 19.0. The van der Waals surface area contributed by atoms with Crippen molar-refractivity contribution >= 4 is 39.0 Å². The molecule has 1 aromatic heterocycles. The number of hydrogen-bond donors (Lipinski definition) is 5. The number of amides is 1. The van der Waals surface area contributed by atoms with Crippen LogP contribution in [0.5, 0.6) is 5.88 Å². The highest BCUT2D eigenvalue weighted by atomic mass is 35.5. The number of aromatic hydroxyl groups is 1. The van der Waals surface area contributed by atoms with Crippen LogP contribution in [-0.2, 0) is 27.8 Å². The van der Waals surface area contributed by atoms with E-state index >= 15 is 0 Å². The molecule has 1 unspecified atom stereocenters. The van der Waals surface area contributed by atoms with Crippen molar-refractivity contribution in [1.29, 1.82) is 0 Å². The largest absolute Gasteiger partial charge is 0.493 e. The molecular formula is C21H20ClN3O8S. The van der Waals surface area contributed by atoms with Gasteiger partial charge in [0.15, 0.2) is 9.84 Å². The summed E-state index contributed by atoms with van der Waals surface area (Å²) in [5.74, 6) is -4.93. The first-order valence-electron chi connectivity index (χ1n) is 9.76. The number of rotatable bonds is 9. The SMILES string of the molecule is O=C(Nc1ccc(S(=O)(=O)CC(Cn2c(CO)c(O)[nH]c2=O)C(=O)O)cc1)c1ccc(Cl)cc1. The smallest absolute Gasteiger partial charge is 0.328 e. The van der Waals surface area contributed by atoms with Crippen LogP contribution in [0.15, 0.2) is 58.2 Å². The van der Waals surface area contributed by atoms with Gasteiger partial charge in [-0.15, -0.1) is 0 Å². The van der Waals surface area contributed by atoms with Crippen LogP contribution in [0.3, 0.4) is 0 Å². The van der Waals surface area contributed by atoms with Gasteiger partial charge < -0.3 is 20.6 Å². The Labute approximate surface area is 198 Å². The number of aliphatic carboxylic acids is 1. The second kappa shape index (κ2) is 10.1. The van der Waals surface area contributed by atoms with E-state index in [1.165, 1.54) is 36.4 Å². The fourth-order valence-corrected chi connectivity index (χ4v) is 4.83. The second-order valence-corrected chi connectivity index (χ2v) is 9.77. The third-order valence-electron chi connectivity index (χ3n) is 4.97. The lowest BCUT2D eigenvalue weighted by molar-refractivity contribution is -0.141. The van der Waals surface area contributed by atoms with Crippen LogP contribution in [0.4, 0.5) is 5.69 Å². The molecule has 3 rings (SSSR count). The zero-order chi connectivity index (χ0) is 25.0. The third-order valence-corrected chi connectivity index (χ3v) is 7.05. The molecule has 1 heterocycles. The van der Waals surface area contributed by atoms with E-state index in [0.717, 1.165) is 4.57 Å². The summed E-state index contributed by atoms with van der Waals surface area (Å²) in [6.07, 6.45) is 0. The van der Waals surface area contributed by atoms with Gasteiger partial charge in [0.2, 0.25) is 5.88 Å². The average Bonchev–Trinajstić information content (AvgIpc) is 3.05. The van der Waals surface area contributed by atoms with E-state index in [1.807, 2.05) is 4.98 Å². The number of carboxylic acid groups (broad SMARTS) is 1. The van der Waals surface area contributed by atoms with Crippen molar-refractivity contribution in [3.63, 3.8) is 0 Å². The third kappa shape index (κ3) is 5.65. The van der Waals surface area contributed by atoms with Gasteiger partial charge in [0.05, 0.1) is 23.2 Å². The first kappa shape index (κ1) is 25.0. The van der Waals surface area contributed by atoms with Crippen LogP contribution >= 0.6 is 11.6 Å². The first-order chi connectivity index (χ1) is 16.0. The van der Waals surface area contributed by atoms with Crippen LogP contribution in [0, 0.1) is 5.92 Å². The number of sulfone groups is 1. The van der Waals surface area contributed by atoms with Crippen LogP contribution in [0.25, 0.3) is 0 Å². The Bertz CT molecular complexity index is 1360. The number of imidazole rings is 1. The van der Waals surface area contributed by atoms with Crippen molar-refractivity contribution in [3.8, 4) is 5.88 Å². The number of anilines is 1. The van der Waals surface area contributed by atoms with E-state index in [9.17, 15) is 38.1 Å². The van der Waals surface area contributed by atoms with Crippen LogP contribution < -0.4 is 11.0 Å². The van der Waals surface area contributed by atoms with Crippen molar-refractivity contribution in [2.24, 2.45) is 5.92 Å². The number of carbonyl (C=O) groups is 2. The highest BCUT2D eigenvalue weighted by Crippen LogP contribution is 2.21. The Morgan fingerprint density at radius 3 is 2.26 bits per heavy atom. The van der Waals surface area contributed by atoms with Crippen molar-refractivity contribution in [1.82, 2.24) is 9.55 Å². The summed E-state index contributed by atoms with van der Waals surface area (Å²) in [6.45, 7) is -1.34. The van der Waals surface area contributed by atoms with Crippen molar-refractivity contribution in [2.45, 2.75) is 18.0 Å². The normalized spacial score (nSPS) is 12.3. The molecule has 0 aliphatic heterocycles. The van der Waals surface area contributed by atoms with Crippen molar-refractivity contribution < 1.29 is 33.3 Å². The molecule has 0 spiro atoms. The number of halogens is 1. The number of nitrogens with one attached hydrogen (secondary N) is 2. The summed E-state index contributed by atoms with van der Waals surface area (Å²) >= 11 is 5.80.